The van der Waals surface area contributed by atoms with Crippen molar-refractivity contribution in [2.24, 2.45) is 5.92 Å². The number of hydrogen-bond acceptors (Lipinski definition) is 3. The van der Waals surface area contributed by atoms with Crippen LogP contribution in [0.1, 0.15) is 46.0 Å². The van der Waals surface area contributed by atoms with Gasteiger partial charge in [0.05, 0.1) is 18.0 Å². The van der Waals surface area contributed by atoms with Crippen molar-refractivity contribution in [1.82, 2.24) is 0 Å². The van der Waals surface area contributed by atoms with Crippen LogP contribution < -0.4 is 15.8 Å². The molecule has 0 bridgehead atoms. The molecule has 2 rings (SSSR count). The molecule has 0 saturated heterocycles. The number of hydrogen-bond donors (Lipinski definition) is 2. The van der Waals surface area contributed by atoms with Crippen molar-refractivity contribution in [1.29, 1.82) is 0 Å². The van der Waals surface area contributed by atoms with E-state index in [2.05, 4.69) is 12.2 Å². The fourth-order valence-electron chi connectivity index (χ4n) is 2.64. The SMILES string of the molecule is CCCOc1cc(NC2CCC(C)CC2)c(N)cc1F. The zero-order valence-electron chi connectivity index (χ0n) is 12.4. The molecule has 0 spiro atoms. The summed E-state index contributed by atoms with van der Waals surface area (Å²) in [7, 11) is 0. The van der Waals surface area contributed by atoms with E-state index in [4.69, 9.17) is 10.5 Å². The molecule has 0 amide bonds. The molecular weight excluding hydrogens is 255 g/mol. The Morgan fingerprint density at radius 1 is 1.30 bits per heavy atom. The Morgan fingerprint density at radius 3 is 2.65 bits per heavy atom. The van der Waals surface area contributed by atoms with Gasteiger partial charge in [0.15, 0.2) is 11.6 Å². The quantitative estimate of drug-likeness (QED) is 0.795. The molecule has 3 nitrogen and oxygen atoms in total. The lowest BCUT2D eigenvalue weighted by atomic mass is 9.87. The minimum atomic E-state index is -0.390. The van der Waals surface area contributed by atoms with Crippen LogP contribution in [-0.4, -0.2) is 12.6 Å². The summed E-state index contributed by atoms with van der Waals surface area (Å²) in [4.78, 5) is 0. The minimum absolute atomic E-state index is 0.285. The van der Waals surface area contributed by atoms with Gasteiger partial charge in [-0.05, 0) is 38.0 Å². The Morgan fingerprint density at radius 2 is 2.00 bits per heavy atom. The first kappa shape index (κ1) is 14.9. The highest BCUT2D eigenvalue weighted by Crippen LogP contribution is 2.32. The van der Waals surface area contributed by atoms with Crippen LogP contribution >= 0.6 is 0 Å². The third-order valence-corrected chi connectivity index (χ3v) is 3.94. The van der Waals surface area contributed by atoms with Gasteiger partial charge < -0.3 is 15.8 Å². The molecule has 1 aromatic rings. The highest BCUT2D eigenvalue weighted by Gasteiger charge is 2.19. The summed E-state index contributed by atoms with van der Waals surface area (Å²) >= 11 is 0. The van der Waals surface area contributed by atoms with Gasteiger partial charge in [-0.3, -0.25) is 0 Å². The summed E-state index contributed by atoms with van der Waals surface area (Å²) in [5, 5.41) is 3.44. The number of anilines is 2. The van der Waals surface area contributed by atoms with Crippen LogP contribution in [-0.2, 0) is 0 Å². The Balaban J connectivity index is 2.06. The van der Waals surface area contributed by atoms with Crippen LogP contribution in [0.25, 0.3) is 0 Å². The van der Waals surface area contributed by atoms with Crippen molar-refractivity contribution in [3.63, 3.8) is 0 Å². The molecular formula is C16H25FN2O. The van der Waals surface area contributed by atoms with E-state index in [1.807, 2.05) is 6.92 Å². The van der Waals surface area contributed by atoms with E-state index in [0.29, 0.717) is 18.3 Å². The van der Waals surface area contributed by atoms with E-state index in [-0.39, 0.29) is 5.75 Å². The molecule has 1 fully saturated rings. The minimum Gasteiger partial charge on any atom is -0.490 e. The van der Waals surface area contributed by atoms with E-state index in [1.165, 1.54) is 18.9 Å². The van der Waals surface area contributed by atoms with Crippen molar-refractivity contribution < 1.29 is 9.13 Å². The second-order valence-electron chi connectivity index (χ2n) is 5.82. The maximum absolute atomic E-state index is 13.8. The van der Waals surface area contributed by atoms with Crippen molar-refractivity contribution in [3.8, 4) is 5.75 Å². The van der Waals surface area contributed by atoms with E-state index in [0.717, 1.165) is 30.9 Å². The molecule has 3 N–H and O–H groups in total. The molecule has 1 saturated carbocycles. The summed E-state index contributed by atoms with van der Waals surface area (Å²) in [6.07, 6.45) is 5.61. The average Bonchev–Trinajstić information content (AvgIpc) is 2.43. The van der Waals surface area contributed by atoms with E-state index >= 15 is 0 Å². The maximum Gasteiger partial charge on any atom is 0.167 e. The number of rotatable bonds is 5. The molecule has 4 heteroatoms. The number of nitrogens with two attached hydrogens (primary N) is 1. The molecule has 1 aromatic carbocycles. The first-order valence-corrected chi connectivity index (χ1v) is 7.58. The highest BCUT2D eigenvalue weighted by molar-refractivity contribution is 5.69. The fourth-order valence-corrected chi connectivity index (χ4v) is 2.64. The predicted molar refractivity (Wildman–Crippen MR) is 81.6 cm³/mol. The van der Waals surface area contributed by atoms with E-state index in [1.54, 1.807) is 6.07 Å². The fraction of sp³-hybridized carbons (Fsp3) is 0.625. The zero-order valence-corrected chi connectivity index (χ0v) is 12.4. The van der Waals surface area contributed by atoms with Crippen LogP contribution in [0.5, 0.6) is 5.75 Å². The van der Waals surface area contributed by atoms with Gasteiger partial charge in [0.25, 0.3) is 0 Å². The van der Waals surface area contributed by atoms with Gasteiger partial charge >= 0.3 is 0 Å². The summed E-state index contributed by atoms with van der Waals surface area (Å²) < 4.78 is 19.2. The lowest BCUT2D eigenvalue weighted by molar-refractivity contribution is 0.301. The Hall–Kier alpha value is -1.45. The molecule has 112 valence electrons. The normalized spacial score (nSPS) is 22.6. The molecule has 0 radical (unpaired) electrons. The average molecular weight is 280 g/mol. The van der Waals surface area contributed by atoms with Gasteiger partial charge in [0.2, 0.25) is 0 Å². The van der Waals surface area contributed by atoms with Crippen LogP contribution in [0.3, 0.4) is 0 Å². The Kier molecular flexibility index (Phi) is 5.10. The van der Waals surface area contributed by atoms with Gasteiger partial charge in [-0.2, -0.15) is 0 Å². The first-order chi connectivity index (χ1) is 9.60. The topological polar surface area (TPSA) is 47.3 Å². The van der Waals surface area contributed by atoms with E-state index < -0.39 is 5.82 Å². The standard InChI is InChI=1S/C16H25FN2O/c1-3-8-20-16-10-15(14(18)9-13(16)17)19-12-6-4-11(2)5-7-12/h9-12,19H,3-8,18H2,1-2H3. The zero-order chi connectivity index (χ0) is 14.5. The summed E-state index contributed by atoms with van der Waals surface area (Å²) in [5.41, 5.74) is 7.14. The number of ether oxygens (including phenoxy) is 1. The predicted octanol–water partition coefficient (Wildman–Crippen LogP) is 4.19. The number of nitrogens with one attached hydrogen (secondary N) is 1. The van der Waals surface area contributed by atoms with Gasteiger partial charge in [0.1, 0.15) is 0 Å². The highest BCUT2D eigenvalue weighted by atomic mass is 19.1. The van der Waals surface area contributed by atoms with Crippen molar-refractivity contribution in [2.75, 3.05) is 17.7 Å². The molecule has 0 aliphatic heterocycles. The molecule has 0 heterocycles. The monoisotopic (exact) mass is 280 g/mol. The smallest absolute Gasteiger partial charge is 0.167 e. The summed E-state index contributed by atoms with van der Waals surface area (Å²) in [5.74, 6) is 0.702. The van der Waals surface area contributed by atoms with Gasteiger partial charge in [0, 0.05) is 18.2 Å². The number of nitrogen functional groups attached to an aromatic ring is 1. The molecule has 1 aliphatic carbocycles. The van der Waals surface area contributed by atoms with Crippen LogP contribution in [0.2, 0.25) is 0 Å². The molecule has 0 unspecified atom stereocenters. The summed E-state index contributed by atoms with van der Waals surface area (Å²) in [6.45, 7) is 4.80. The largest absolute Gasteiger partial charge is 0.490 e. The molecule has 0 atom stereocenters. The number of halogens is 1. The first-order valence-electron chi connectivity index (χ1n) is 7.58. The third-order valence-electron chi connectivity index (χ3n) is 3.94. The van der Waals surface area contributed by atoms with E-state index in [9.17, 15) is 4.39 Å². The third kappa shape index (κ3) is 3.78. The van der Waals surface area contributed by atoms with Crippen molar-refractivity contribution >= 4 is 11.4 Å². The molecule has 1 aliphatic rings. The van der Waals surface area contributed by atoms with Crippen molar-refractivity contribution in [2.45, 2.75) is 52.0 Å². The second-order valence-corrected chi connectivity index (χ2v) is 5.82. The van der Waals surface area contributed by atoms with Gasteiger partial charge in [-0.15, -0.1) is 0 Å². The lowest BCUT2D eigenvalue weighted by Gasteiger charge is -2.28. The van der Waals surface area contributed by atoms with Crippen LogP contribution in [0.15, 0.2) is 12.1 Å². The maximum atomic E-state index is 13.8. The Bertz CT molecular complexity index is 442. The lowest BCUT2D eigenvalue weighted by Crippen LogP contribution is -2.25. The van der Waals surface area contributed by atoms with Gasteiger partial charge in [-0.25, -0.2) is 4.39 Å². The summed E-state index contributed by atoms with van der Waals surface area (Å²) in [6, 6.07) is 3.47. The molecule has 0 aromatic heterocycles. The molecule has 20 heavy (non-hydrogen) atoms. The Labute approximate surface area is 120 Å². The van der Waals surface area contributed by atoms with Crippen LogP contribution in [0, 0.1) is 11.7 Å². The number of benzene rings is 1. The van der Waals surface area contributed by atoms with Gasteiger partial charge in [-0.1, -0.05) is 13.8 Å². The second kappa shape index (κ2) is 6.82. The van der Waals surface area contributed by atoms with Crippen LogP contribution in [0.4, 0.5) is 15.8 Å². The van der Waals surface area contributed by atoms with Crippen molar-refractivity contribution in [3.05, 3.63) is 17.9 Å².